The molecule has 4 nitrogen and oxygen atoms in total. The van der Waals surface area contributed by atoms with Crippen LogP contribution in [-0.4, -0.2) is 17.0 Å². The van der Waals surface area contributed by atoms with E-state index in [1.165, 1.54) is 0 Å². The fourth-order valence-corrected chi connectivity index (χ4v) is 2.95. The second-order valence-electron chi connectivity index (χ2n) is 5.55. The van der Waals surface area contributed by atoms with Crippen LogP contribution < -0.4 is 5.32 Å². The minimum Gasteiger partial charge on any atom is -0.481 e. The molecular weight excluding hydrogens is 278 g/mol. The lowest BCUT2D eigenvalue weighted by Gasteiger charge is -2.06. The van der Waals surface area contributed by atoms with Crippen LogP contribution in [0.25, 0.3) is 5.57 Å². The first-order chi connectivity index (χ1) is 10.6. The van der Waals surface area contributed by atoms with Crippen LogP contribution in [0.2, 0.25) is 0 Å². The summed E-state index contributed by atoms with van der Waals surface area (Å²) in [4.78, 5) is 23.0. The van der Waals surface area contributed by atoms with E-state index >= 15 is 0 Å². The third-order valence-corrected chi connectivity index (χ3v) is 4.11. The number of carbonyl (C=O) groups excluding carboxylic acids is 1. The van der Waals surface area contributed by atoms with E-state index in [0.29, 0.717) is 12.0 Å². The van der Waals surface area contributed by atoms with Crippen molar-refractivity contribution < 1.29 is 14.7 Å². The molecule has 1 heterocycles. The monoisotopic (exact) mass is 295 g/mol. The van der Waals surface area contributed by atoms with Gasteiger partial charge in [0.2, 0.25) is 0 Å². The van der Waals surface area contributed by atoms with Crippen LogP contribution in [0.4, 0.5) is 5.69 Å². The molecule has 0 atom stereocenters. The maximum Gasteiger partial charge on any atom is 0.303 e. The maximum atomic E-state index is 12.2. The van der Waals surface area contributed by atoms with Crippen LogP contribution in [0, 0.1) is 0 Å². The van der Waals surface area contributed by atoms with Crippen molar-refractivity contribution in [2.24, 2.45) is 0 Å². The highest BCUT2D eigenvalue weighted by Gasteiger charge is 2.24. The van der Waals surface area contributed by atoms with E-state index in [0.717, 1.165) is 34.4 Å². The largest absolute Gasteiger partial charge is 0.481 e. The SMILES string of the molecule is CC1=CCC(/C=C2\C(=O)Nc3ccccc32)=C1CCC(=O)O. The third kappa shape index (κ3) is 2.60. The summed E-state index contributed by atoms with van der Waals surface area (Å²) in [6.07, 6.45) is 5.35. The number of hydrogen-bond acceptors (Lipinski definition) is 2. The van der Waals surface area contributed by atoms with E-state index in [2.05, 4.69) is 11.4 Å². The topological polar surface area (TPSA) is 66.4 Å². The van der Waals surface area contributed by atoms with Crippen LogP contribution in [0.1, 0.15) is 31.7 Å². The van der Waals surface area contributed by atoms with E-state index in [1.807, 2.05) is 37.3 Å². The highest BCUT2D eigenvalue weighted by molar-refractivity contribution is 6.31. The predicted octanol–water partition coefficient (Wildman–Crippen LogP) is 3.53. The van der Waals surface area contributed by atoms with Crippen molar-refractivity contribution in [3.63, 3.8) is 0 Å². The average molecular weight is 295 g/mol. The summed E-state index contributed by atoms with van der Waals surface area (Å²) in [5.41, 5.74) is 5.59. The molecule has 2 aliphatic rings. The van der Waals surface area contributed by atoms with Gasteiger partial charge in [-0.25, -0.2) is 0 Å². The Morgan fingerprint density at radius 1 is 1.36 bits per heavy atom. The number of allylic oxidation sites excluding steroid dienone is 5. The second-order valence-corrected chi connectivity index (χ2v) is 5.55. The van der Waals surface area contributed by atoms with Gasteiger partial charge < -0.3 is 10.4 Å². The van der Waals surface area contributed by atoms with Crippen LogP contribution >= 0.6 is 0 Å². The van der Waals surface area contributed by atoms with E-state index in [1.54, 1.807) is 0 Å². The number of rotatable bonds is 4. The van der Waals surface area contributed by atoms with Gasteiger partial charge in [0.1, 0.15) is 0 Å². The number of carboxylic acids is 1. The molecule has 1 aliphatic heterocycles. The molecule has 1 aromatic carbocycles. The van der Waals surface area contributed by atoms with Gasteiger partial charge in [-0.3, -0.25) is 9.59 Å². The van der Waals surface area contributed by atoms with Crippen LogP contribution in [0.15, 0.2) is 53.1 Å². The third-order valence-electron chi connectivity index (χ3n) is 4.11. The molecule has 3 rings (SSSR count). The molecule has 0 fully saturated rings. The average Bonchev–Trinajstić information content (AvgIpc) is 2.98. The molecule has 0 radical (unpaired) electrons. The van der Waals surface area contributed by atoms with Gasteiger partial charge in [-0.05, 0) is 43.1 Å². The van der Waals surface area contributed by atoms with Crippen molar-refractivity contribution in [3.05, 3.63) is 58.7 Å². The van der Waals surface area contributed by atoms with E-state index < -0.39 is 5.97 Å². The van der Waals surface area contributed by atoms with Gasteiger partial charge in [0.25, 0.3) is 5.91 Å². The lowest BCUT2D eigenvalue weighted by molar-refractivity contribution is -0.136. The van der Waals surface area contributed by atoms with Gasteiger partial charge in [-0.15, -0.1) is 0 Å². The van der Waals surface area contributed by atoms with Gasteiger partial charge in [0.05, 0.1) is 0 Å². The number of fused-ring (bicyclic) bond motifs is 1. The molecule has 1 aromatic rings. The molecule has 0 aromatic heterocycles. The summed E-state index contributed by atoms with van der Waals surface area (Å²) in [7, 11) is 0. The Morgan fingerprint density at radius 2 is 2.14 bits per heavy atom. The van der Waals surface area contributed by atoms with Gasteiger partial charge in [-0.1, -0.05) is 29.8 Å². The lowest BCUT2D eigenvalue weighted by atomic mass is 9.98. The number of aliphatic carboxylic acids is 1. The number of carboxylic acid groups (broad SMARTS) is 1. The van der Waals surface area contributed by atoms with Gasteiger partial charge in [-0.2, -0.15) is 0 Å². The molecule has 1 aliphatic carbocycles. The molecule has 1 amide bonds. The highest BCUT2D eigenvalue weighted by atomic mass is 16.4. The molecule has 0 saturated carbocycles. The van der Waals surface area contributed by atoms with E-state index in [-0.39, 0.29) is 12.3 Å². The van der Waals surface area contributed by atoms with Crippen molar-refractivity contribution >= 4 is 23.1 Å². The lowest BCUT2D eigenvalue weighted by Crippen LogP contribution is -2.04. The number of amides is 1. The molecule has 0 unspecified atom stereocenters. The molecule has 22 heavy (non-hydrogen) atoms. The van der Waals surface area contributed by atoms with Crippen LogP contribution in [0.5, 0.6) is 0 Å². The Kier molecular flexibility index (Phi) is 3.67. The summed E-state index contributed by atoms with van der Waals surface area (Å²) in [5, 5.41) is 11.7. The van der Waals surface area contributed by atoms with Crippen molar-refractivity contribution in [2.45, 2.75) is 26.2 Å². The standard InChI is InChI=1S/C18H17NO3/c1-11-6-7-12(13(11)8-9-17(20)21)10-15-14-4-2-3-5-16(14)19-18(15)22/h2-6,10H,7-9H2,1H3,(H,19,22)(H,20,21)/b15-10-. The van der Waals surface area contributed by atoms with Crippen molar-refractivity contribution in [3.8, 4) is 0 Å². The number of benzene rings is 1. The predicted molar refractivity (Wildman–Crippen MR) is 85.3 cm³/mol. The summed E-state index contributed by atoms with van der Waals surface area (Å²) in [6, 6.07) is 7.60. The fourth-order valence-electron chi connectivity index (χ4n) is 2.95. The number of anilines is 1. The smallest absolute Gasteiger partial charge is 0.303 e. The van der Waals surface area contributed by atoms with Crippen LogP contribution in [0.3, 0.4) is 0 Å². The number of hydrogen-bond donors (Lipinski definition) is 2. The maximum absolute atomic E-state index is 12.2. The van der Waals surface area contributed by atoms with Gasteiger partial charge in [0.15, 0.2) is 0 Å². The first kappa shape index (κ1) is 14.3. The fraction of sp³-hybridized carbons (Fsp3) is 0.222. The number of nitrogens with one attached hydrogen (secondary N) is 1. The quantitative estimate of drug-likeness (QED) is 0.835. The number of para-hydroxylation sites is 1. The molecule has 0 saturated heterocycles. The second kappa shape index (κ2) is 5.64. The zero-order valence-electron chi connectivity index (χ0n) is 12.3. The van der Waals surface area contributed by atoms with Crippen molar-refractivity contribution in [1.82, 2.24) is 0 Å². The normalized spacial score (nSPS) is 18.5. The van der Waals surface area contributed by atoms with E-state index in [9.17, 15) is 9.59 Å². The highest BCUT2D eigenvalue weighted by Crippen LogP contribution is 2.36. The van der Waals surface area contributed by atoms with E-state index in [4.69, 9.17) is 5.11 Å². The molecule has 4 heteroatoms. The summed E-state index contributed by atoms with van der Waals surface area (Å²) < 4.78 is 0. The Hall–Kier alpha value is -2.62. The Balaban J connectivity index is 1.97. The Labute approximate surface area is 128 Å². The summed E-state index contributed by atoms with van der Waals surface area (Å²) in [6.45, 7) is 1.99. The molecule has 0 spiro atoms. The summed E-state index contributed by atoms with van der Waals surface area (Å²) in [5.74, 6) is -0.904. The molecule has 2 N–H and O–H groups in total. The minimum atomic E-state index is -0.803. The van der Waals surface area contributed by atoms with Gasteiger partial charge >= 0.3 is 5.97 Å². The van der Waals surface area contributed by atoms with Crippen molar-refractivity contribution in [2.75, 3.05) is 5.32 Å². The molecule has 0 bridgehead atoms. The molecular formula is C18H17NO3. The minimum absolute atomic E-state index is 0.101. The first-order valence-electron chi connectivity index (χ1n) is 7.29. The summed E-state index contributed by atoms with van der Waals surface area (Å²) >= 11 is 0. The van der Waals surface area contributed by atoms with Crippen LogP contribution in [-0.2, 0) is 9.59 Å². The zero-order chi connectivity index (χ0) is 15.7. The first-order valence-corrected chi connectivity index (χ1v) is 7.29. The molecule has 112 valence electrons. The zero-order valence-corrected chi connectivity index (χ0v) is 12.3. The Bertz CT molecular complexity index is 753. The van der Waals surface area contributed by atoms with Crippen molar-refractivity contribution in [1.29, 1.82) is 0 Å². The Morgan fingerprint density at radius 3 is 2.91 bits per heavy atom. The number of carbonyl (C=O) groups is 2. The van der Waals surface area contributed by atoms with Gasteiger partial charge in [0, 0.05) is 23.2 Å².